The molecule has 0 aromatic heterocycles. The van der Waals surface area contributed by atoms with Crippen LogP contribution in [0.2, 0.25) is 0 Å². The van der Waals surface area contributed by atoms with Crippen LogP contribution in [-0.4, -0.2) is 30.7 Å². The number of benzene rings is 2. The largest absolute Gasteiger partial charge is 0.493 e. The highest BCUT2D eigenvalue weighted by Crippen LogP contribution is 2.35. The van der Waals surface area contributed by atoms with Crippen molar-refractivity contribution in [2.75, 3.05) is 11.9 Å². The molecule has 158 valence electrons. The minimum atomic E-state index is -1.03. The Hall–Kier alpha value is -3.35. The maximum absolute atomic E-state index is 12.9. The highest BCUT2D eigenvalue weighted by atomic mass is 19.1. The molecule has 0 fully saturated rings. The number of esters is 1. The molecule has 1 amide bonds. The third-order valence-electron chi connectivity index (χ3n) is 4.50. The molecule has 0 unspecified atom stereocenters. The van der Waals surface area contributed by atoms with Gasteiger partial charge in [0.1, 0.15) is 23.4 Å². The molecule has 0 bridgehead atoms. The fourth-order valence-corrected chi connectivity index (χ4v) is 3.07. The normalized spacial score (nSPS) is 15.9. The molecule has 0 saturated carbocycles. The topological polar surface area (TPSA) is 73.9 Å². The average molecular weight is 413 g/mol. The second-order valence-corrected chi connectivity index (χ2v) is 6.97. The van der Waals surface area contributed by atoms with Crippen LogP contribution in [0.5, 0.6) is 11.5 Å². The van der Waals surface area contributed by atoms with Crippen LogP contribution in [0.3, 0.4) is 0 Å². The molecule has 6 nitrogen and oxygen atoms in total. The lowest BCUT2D eigenvalue weighted by atomic mass is 10.1. The molecular weight excluding hydrogens is 389 g/mol. The summed E-state index contributed by atoms with van der Waals surface area (Å²) in [5, 5.41) is 2.56. The Balaban J connectivity index is 1.63. The summed E-state index contributed by atoms with van der Waals surface area (Å²) < 4.78 is 29.5. The number of nitrogens with one attached hydrogen (secondary N) is 1. The molecule has 0 radical (unpaired) electrons. The van der Waals surface area contributed by atoms with E-state index in [2.05, 4.69) is 5.32 Å². The van der Waals surface area contributed by atoms with Crippen molar-refractivity contribution in [1.82, 2.24) is 0 Å². The molecule has 2 atom stereocenters. The summed E-state index contributed by atoms with van der Waals surface area (Å²) in [7, 11) is 0. The number of carbonyl (C=O) groups excluding carboxylic acids is 2. The van der Waals surface area contributed by atoms with Crippen LogP contribution < -0.4 is 14.8 Å². The zero-order valence-corrected chi connectivity index (χ0v) is 17.1. The van der Waals surface area contributed by atoms with Crippen molar-refractivity contribution in [3.8, 4) is 11.5 Å². The van der Waals surface area contributed by atoms with Gasteiger partial charge in [-0.3, -0.25) is 4.79 Å². The van der Waals surface area contributed by atoms with Gasteiger partial charge in [-0.2, -0.15) is 0 Å². The summed E-state index contributed by atoms with van der Waals surface area (Å²) >= 11 is 0. The molecule has 2 aromatic carbocycles. The third-order valence-corrected chi connectivity index (χ3v) is 4.50. The van der Waals surface area contributed by atoms with E-state index in [9.17, 15) is 14.0 Å². The van der Waals surface area contributed by atoms with Gasteiger partial charge in [-0.15, -0.1) is 0 Å². The summed E-state index contributed by atoms with van der Waals surface area (Å²) in [4.78, 5) is 24.3. The lowest BCUT2D eigenvalue weighted by molar-refractivity contribution is -0.148. The van der Waals surface area contributed by atoms with E-state index >= 15 is 0 Å². The van der Waals surface area contributed by atoms with Gasteiger partial charge in [0.05, 0.1) is 6.61 Å². The number of hydrogen-bond donors (Lipinski definition) is 1. The zero-order valence-electron chi connectivity index (χ0n) is 17.1. The van der Waals surface area contributed by atoms with E-state index in [0.29, 0.717) is 23.6 Å². The minimum absolute atomic E-state index is 0.0964. The van der Waals surface area contributed by atoms with Crippen LogP contribution in [0.25, 0.3) is 6.08 Å². The van der Waals surface area contributed by atoms with Crippen LogP contribution >= 0.6 is 0 Å². The van der Waals surface area contributed by atoms with Crippen LogP contribution in [0.4, 0.5) is 10.1 Å². The lowest BCUT2D eigenvalue weighted by Crippen LogP contribution is -2.29. The Morgan fingerprint density at radius 2 is 2.03 bits per heavy atom. The van der Waals surface area contributed by atoms with Crippen LogP contribution in [0.1, 0.15) is 31.9 Å². The number of rotatable bonds is 7. The van der Waals surface area contributed by atoms with Crippen LogP contribution in [-0.2, 0) is 20.7 Å². The molecule has 1 aliphatic heterocycles. The van der Waals surface area contributed by atoms with Crippen molar-refractivity contribution < 1.29 is 28.2 Å². The van der Waals surface area contributed by atoms with Crippen molar-refractivity contribution in [2.24, 2.45) is 0 Å². The first-order valence-electron chi connectivity index (χ1n) is 9.77. The molecule has 0 aliphatic carbocycles. The van der Waals surface area contributed by atoms with E-state index in [1.165, 1.54) is 37.3 Å². The van der Waals surface area contributed by atoms with E-state index in [4.69, 9.17) is 14.2 Å². The van der Waals surface area contributed by atoms with E-state index in [0.717, 1.165) is 17.7 Å². The van der Waals surface area contributed by atoms with Crippen molar-refractivity contribution in [3.05, 3.63) is 59.4 Å². The average Bonchev–Trinajstić information content (AvgIpc) is 3.07. The van der Waals surface area contributed by atoms with Gasteiger partial charge in [0.15, 0.2) is 6.10 Å². The first-order valence-corrected chi connectivity index (χ1v) is 9.77. The van der Waals surface area contributed by atoms with Crippen molar-refractivity contribution in [2.45, 2.75) is 39.4 Å². The van der Waals surface area contributed by atoms with E-state index in [1.807, 2.05) is 26.0 Å². The first-order chi connectivity index (χ1) is 14.4. The van der Waals surface area contributed by atoms with Gasteiger partial charge in [-0.25, -0.2) is 9.18 Å². The summed E-state index contributed by atoms with van der Waals surface area (Å²) in [5.74, 6) is -0.172. The maximum Gasteiger partial charge on any atom is 0.331 e. The monoisotopic (exact) mass is 413 g/mol. The van der Waals surface area contributed by atoms with Crippen molar-refractivity contribution in [1.29, 1.82) is 0 Å². The van der Waals surface area contributed by atoms with Gasteiger partial charge in [0.25, 0.3) is 5.91 Å². The van der Waals surface area contributed by atoms with Gasteiger partial charge in [0, 0.05) is 29.3 Å². The molecule has 3 rings (SSSR count). The zero-order chi connectivity index (χ0) is 21.7. The van der Waals surface area contributed by atoms with Crippen LogP contribution in [0, 0.1) is 5.82 Å². The molecule has 2 aromatic rings. The third kappa shape index (κ3) is 5.37. The van der Waals surface area contributed by atoms with Gasteiger partial charge in [0.2, 0.25) is 0 Å². The molecule has 1 aliphatic rings. The van der Waals surface area contributed by atoms with E-state index < -0.39 is 23.8 Å². The van der Waals surface area contributed by atoms with Crippen LogP contribution in [0.15, 0.2) is 42.5 Å². The quantitative estimate of drug-likeness (QED) is 0.546. The summed E-state index contributed by atoms with van der Waals surface area (Å²) in [5.41, 5.74) is 2.16. The first kappa shape index (κ1) is 21.4. The summed E-state index contributed by atoms with van der Waals surface area (Å²) in [6, 6.07) is 9.06. The highest BCUT2D eigenvalue weighted by molar-refractivity contribution is 5.96. The second-order valence-electron chi connectivity index (χ2n) is 6.97. The number of anilines is 1. The fraction of sp³-hybridized carbons (Fsp3) is 0.304. The number of amides is 1. The van der Waals surface area contributed by atoms with E-state index in [1.54, 1.807) is 6.08 Å². The fourth-order valence-electron chi connectivity index (χ4n) is 3.07. The van der Waals surface area contributed by atoms with Gasteiger partial charge < -0.3 is 19.5 Å². The number of hydrogen-bond acceptors (Lipinski definition) is 5. The van der Waals surface area contributed by atoms with E-state index in [-0.39, 0.29) is 6.10 Å². The molecule has 7 heteroatoms. The molecule has 1 heterocycles. The van der Waals surface area contributed by atoms with Gasteiger partial charge >= 0.3 is 5.97 Å². The lowest BCUT2D eigenvalue weighted by Gasteiger charge is -2.12. The predicted molar refractivity (Wildman–Crippen MR) is 111 cm³/mol. The highest BCUT2D eigenvalue weighted by Gasteiger charge is 2.21. The number of ether oxygens (including phenoxy) is 3. The standard InChI is InChI=1S/C23H24FNO5/c1-4-28-20-13-17-11-14(2)29-21(17)12-16(20)5-10-22(26)30-15(3)23(27)25-19-8-6-18(24)7-9-19/h5-10,12-15H,4,11H2,1-3H3,(H,25,27)/b10-5+/t14-,15-/m1/s1. The molecule has 0 saturated heterocycles. The number of carbonyl (C=O) groups is 2. The molecular formula is C23H24FNO5. The minimum Gasteiger partial charge on any atom is -0.493 e. The summed E-state index contributed by atoms with van der Waals surface area (Å²) in [6.07, 6.45) is 2.69. The maximum atomic E-state index is 12.9. The second kappa shape index (κ2) is 9.43. The molecule has 30 heavy (non-hydrogen) atoms. The Morgan fingerprint density at radius 1 is 1.30 bits per heavy atom. The van der Waals surface area contributed by atoms with Gasteiger partial charge in [-0.05, 0) is 63.2 Å². The smallest absolute Gasteiger partial charge is 0.331 e. The number of fused-ring (bicyclic) bond motifs is 1. The number of halogens is 1. The Labute approximate surface area is 174 Å². The predicted octanol–water partition coefficient (Wildman–Crippen LogP) is 4.13. The Bertz CT molecular complexity index is 955. The summed E-state index contributed by atoms with van der Waals surface area (Å²) in [6.45, 7) is 5.82. The Morgan fingerprint density at radius 3 is 2.73 bits per heavy atom. The SMILES string of the molecule is CCOc1cc2c(cc1/C=C/C(=O)O[C@H](C)C(=O)Nc1ccc(F)cc1)O[C@H](C)C2. The van der Waals surface area contributed by atoms with Crippen molar-refractivity contribution in [3.63, 3.8) is 0 Å². The Kier molecular flexibility index (Phi) is 6.72. The molecule has 0 spiro atoms. The molecule has 1 N–H and O–H groups in total. The van der Waals surface area contributed by atoms with Gasteiger partial charge in [-0.1, -0.05) is 0 Å². The van der Waals surface area contributed by atoms with Crippen molar-refractivity contribution >= 4 is 23.6 Å².